The molecule has 0 heterocycles. The number of hydrogen-bond acceptors (Lipinski definition) is 2. The summed E-state index contributed by atoms with van der Waals surface area (Å²) in [4.78, 5) is 11.9. The second-order valence-electron chi connectivity index (χ2n) is 4.36. The first kappa shape index (κ1) is 15.9. The van der Waals surface area contributed by atoms with Gasteiger partial charge in [0, 0.05) is 19.7 Å². The Morgan fingerprint density at radius 2 is 2.00 bits per heavy atom. The summed E-state index contributed by atoms with van der Waals surface area (Å²) in [6.45, 7) is 4.09. The standard InChI is InChI=1S/C15H17F2NO2/c1-3-4-5-8-18(2)15-12(16)9-11(10-13(15)17)6-7-14(19)20/h3,6-7,9-10H,1,4-5,8H2,2H3,(H,19,20)/b7-6+. The quantitative estimate of drug-likeness (QED) is 0.472. The zero-order valence-electron chi connectivity index (χ0n) is 11.3. The molecule has 1 aromatic carbocycles. The molecular formula is C15H17F2NO2. The summed E-state index contributed by atoms with van der Waals surface area (Å²) in [7, 11) is 1.61. The molecule has 1 rings (SSSR count). The lowest BCUT2D eigenvalue weighted by molar-refractivity contribution is -0.131. The van der Waals surface area contributed by atoms with Crippen LogP contribution in [0.15, 0.2) is 30.9 Å². The third-order valence-corrected chi connectivity index (χ3v) is 2.74. The van der Waals surface area contributed by atoms with E-state index < -0.39 is 17.6 Å². The summed E-state index contributed by atoms with van der Waals surface area (Å²) in [5.41, 5.74) is 0.0622. The highest BCUT2D eigenvalue weighted by atomic mass is 19.1. The lowest BCUT2D eigenvalue weighted by atomic mass is 10.1. The molecule has 1 aromatic rings. The van der Waals surface area contributed by atoms with Crippen LogP contribution >= 0.6 is 0 Å². The molecule has 0 saturated heterocycles. The van der Waals surface area contributed by atoms with Crippen molar-refractivity contribution in [1.29, 1.82) is 0 Å². The van der Waals surface area contributed by atoms with Gasteiger partial charge >= 0.3 is 5.97 Å². The molecule has 5 heteroatoms. The lowest BCUT2D eigenvalue weighted by Crippen LogP contribution is -2.21. The van der Waals surface area contributed by atoms with Gasteiger partial charge in [-0.2, -0.15) is 0 Å². The number of unbranched alkanes of at least 4 members (excludes halogenated alkanes) is 1. The largest absolute Gasteiger partial charge is 0.478 e. The first-order valence-electron chi connectivity index (χ1n) is 6.17. The van der Waals surface area contributed by atoms with Crippen molar-refractivity contribution < 1.29 is 18.7 Å². The predicted octanol–water partition coefficient (Wildman–Crippen LogP) is 3.47. The van der Waals surface area contributed by atoms with Crippen molar-refractivity contribution in [2.75, 3.05) is 18.5 Å². The van der Waals surface area contributed by atoms with Crippen LogP contribution < -0.4 is 4.90 Å². The molecule has 0 bridgehead atoms. The van der Waals surface area contributed by atoms with Crippen LogP contribution in [0, 0.1) is 11.6 Å². The smallest absolute Gasteiger partial charge is 0.328 e. The maximum Gasteiger partial charge on any atom is 0.328 e. The van der Waals surface area contributed by atoms with Gasteiger partial charge in [-0.25, -0.2) is 13.6 Å². The first-order valence-corrected chi connectivity index (χ1v) is 6.17. The number of halogens is 2. The van der Waals surface area contributed by atoms with Gasteiger partial charge in [-0.15, -0.1) is 6.58 Å². The molecule has 0 aliphatic heterocycles. The molecule has 0 aliphatic rings. The highest BCUT2D eigenvalue weighted by Crippen LogP contribution is 2.25. The number of benzene rings is 1. The van der Waals surface area contributed by atoms with E-state index in [2.05, 4.69) is 6.58 Å². The monoisotopic (exact) mass is 281 g/mol. The third-order valence-electron chi connectivity index (χ3n) is 2.74. The number of hydrogen-bond donors (Lipinski definition) is 1. The van der Waals surface area contributed by atoms with Gasteiger partial charge in [-0.1, -0.05) is 6.08 Å². The van der Waals surface area contributed by atoms with Crippen molar-refractivity contribution in [3.63, 3.8) is 0 Å². The Kier molecular flexibility index (Phi) is 5.90. The Morgan fingerprint density at radius 1 is 1.40 bits per heavy atom. The van der Waals surface area contributed by atoms with Crippen LogP contribution in [-0.4, -0.2) is 24.7 Å². The number of carbonyl (C=O) groups is 1. The van der Waals surface area contributed by atoms with Gasteiger partial charge in [-0.05, 0) is 36.6 Å². The Labute approximate surface area is 116 Å². The number of carboxylic acid groups (broad SMARTS) is 1. The van der Waals surface area contributed by atoms with Crippen molar-refractivity contribution in [3.05, 3.63) is 48.1 Å². The van der Waals surface area contributed by atoms with Crippen LogP contribution in [0.2, 0.25) is 0 Å². The van der Waals surface area contributed by atoms with Gasteiger partial charge in [0.25, 0.3) is 0 Å². The van der Waals surface area contributed by atoms with E-state index in [9.17, 15) is 13.6 Å². The summed E-state index contributed by atoms with van der Waals surface area (Å²) >= 11 is 0. The molecule has 0 radical (unpaired) electrons. The van der Waals surface area contributed by atoms with Gasteiger partial charge in [0.15, 0.2) is 0 Å². The second kappa shape index (κ2) is 7.43. The van der Waals surface area contributed by atoms with Gasteiger partial charge < -0.3 is 10.0 Å². The Bertz CT molecular complexity index is 504. The lowest BCUT2D eigenvalue weighted by Gasteiger charge is -2.20. The second-order valence-corrected chi connectivity index (χ2v) is 4.36. The summed E-state index contributed by atoms with van der Waals surface area (Å²) in [5.74, 6) is -2.59. The molecule has 108 valence electrons. The molecular weight excluding hydrogens is 264 g/mol. The average Bonchev–Trinajstić information content (AvgIpc) is 2.36. The van der Waals surface area contributed by atoms with Crippen molar-refractivity contribution in [2.45, 2.75) is 12.8 Å². The molecule has 0 unspecified atom stereocenters. The van der Waals surface area contributed by atoms with E-state index in [1.807, 2.05) is 0 Å². The van der Waals surface area contributed by atoms with Crippen molar-refractivity contribution >= 4 is 17.7 Å². The van der Waals surface area contributed by atoms with E-state index in [4.69, 9.17) is 5.11 Å². The minimum Gasteiger partial charge on any atom is -0.478 e. The minimum atomic E-state index is -1.17. The zero-order valence-corrected chi connectivity index (χ0v) is 11.3. The number of rotatable bonds is 7. The highest BCUT2D eigenvalue weighted by Gasteiger charge is 2.14. The fourth-order valence-electron chi connectivity index (χ4n) is 1.80. The Balaban J connectivity index is 2.93. The van der Waals surface area contributed by atoms with Crippen LogP contribution in [-0.2, 0) is 4.79 Å². The van der Waals surface area contributed by atoms with Crippen molar-refractivity contribution in [1.82, 2.24) is 0 Å². The Morgan fingerprint density at radius 3 is 2.50 bits per heavy atom. The van der Waals surface area contributed by atoms with Crippen LogP contribution in [0.4, 0.5) is 14.5 Å². The summed E-state index contributed by atoms with van der Waals surface area (Å²) < 4.78 is 27.8. The maximum absolute atomic E-state index is 13.9. The molecule has 0 amide bonds. The fourth-order valence-corrected chi connectivity index (χ4v) is 1.80. The van der Waals surface area contributed by atoms with E-state index in [0.717, 1.165) is 37.1 Å². The van der Waals surface area contributed by atoms with E-state index in [-0.39, 0.29) is 11.3 Å². The van der Waals surface area contributed by atoms with Gasteiger partial charge in [0.05, 0.1) is 0 Å². The molecule has 0 aliphatic carbocycles. The van der Waals surface area contributed by atoms with E-state index in [1.54, 1.807) is 13.1 Å². The number of nitrogens with zero attached hydrogens (tertiary/aromatic N) is 1. The van der Waals surface area contributed by atoms with E-state index in [0.29, 0.717) is 6.54 Å². The molecule has 3 nitrogen and oxygen atoms in total. The van der Waals surface area contributed by atoms with Crippen LogP contribution in [0.1, 0.15) is 18.4 Å². The molecule has 20 heavy (non-hydrogen) atoms. The molecule has 1 N–H and O–H groups in total. The summed E-state index contributed by atoms with van der Waals surface area (Å²) in [6, 6.07) is 2.23. The number of aliphatic carboxylic acids is 1. The molecule has 0 spiro atoms. The zero-order chi connectivity index (χ0) is 15.1. The number of carboxylic acids is 1. The normalized spacial score (nSPS) is 10.8. The van der Waals surface area contributed by atoms with Crippen LogP contribution in [0.5, 0.6) is 0 Å². The van der Waals surface area contributed by atoms with Gasteiger partial charge in [0.1, 0.15) is 17.3 Å². The predicted molar refractivity (Wildman–Crippen MR) is 75.7 cm³/mol. The molecule has 0 aromatic heterocycles. The summed E-state index contributed by atoms with van der Waals surface area (Å²) in [5, 5.41) is 8.49. The fraction of sp³-hybridized carbons (Fsp3) is 0.267. The van der Waals surface area contributed by atoms with Crippen molar-refractivity contribution in [2.24, 2.45) is 0 Å². The topological polar surface area (TPSA) is 40.5 Å². The molecule has 0 saturated carbocycles. The van der Waals surface area contributed by atoms with Crippen LogP contribution in [0.3, 0.4) is 0 Å². The van der Waals surface area contributed by atoms with E-state index in [1.165, 1.54) is 4.90 Å². The third kappa shape index (κ3) is 4.50. The number of anilines is 1. The minimum absolute atomic E-state index is 0.110. The van der Waals surface area contributed by atoms with Crippen molar-refractivity contribution in [3.8, 4) is 0 Å². The van der Waals surface area contributed by atoms with E-state index >= 15 is 0 Å². The molecule has 0 fully saturated rings. The molecule has 0 atom stereocenters. The summed E-state index contributed by atoms with van der Waals surface area (Å²) in [6.07, 6.45) is 5.25. The number of allylic oxidation sites excluding steroid dienone is 1. The first-order chi connectivity index (χ1) is 9.45. The average molecular weight is 281 g/mol. The maximum atomic E-state index is 13.9. The SMILES string of the molecule is C=CCCCN(C)c1c(F)cc(/C=C/C(=O)O)cc1F. The van der Waals surface area contributed by atoms with Gasteiger partial charge in [0.2, 0.25) is 0 Å². The Hall–Kier alpha value is -2.17. The van der Waals surface area contributed by atoms with Crippen LogP contribution in [0.25, 0.3) is 6.08 Å². The van der Waals surface area contributed by atoms with Gasteiger partial charge in [-0.3, -0.25) is 0 Å². The highest BCUT2D eigenvalue weighted by molar-refractivity contribution is 5.85.